The predicted molar refractivity (Wildman–Crippen MR) is 79.6 cm³/mol. The Hall–Kier alpha value is -2.98. The Kier molecular flexibility index (Phi) is 4.43. The molecule has 0 spiro atoms. The second kappa shape index (κ2) is 6.45. The number of amides is 1. The number of anilines is 1. The summed E-state index contributed by atoms with van der Waals surface area (Å²) in [4.78, 5) is 22.1. The molecule has 104 valence electrons. The van der Waals surface area contributed by atoms with Crippen LogP contribution in [0.15, 0.2) is 46.7 Å². The van der Waals surface area contributed by atoms with E-state index in [0.717, 1.165) is 5.56 Å². The van der Waals surface area contributed by atoms with Crippen molar-refractivity contribution in [3.8, 4) is 6.07 Å². The molecule has 1 aromatic heterocycles. The summed E-state index contributed by atoms with van der Waals surface area (Å²) in [7, 11) is 0. The van der Waals surface area contributed by atoms with E-state index >= 15 is 0 Å². The van der Waals surface area contributed by atoms with Gasteiger partial charge >= 0.3 is 0 Å². The highest BCUT2D eigenvalue weighted by molar-refractivity contribution is 7.08. The van der Waals surface area contributed by atoms with Gasteiger partial charge in [0, 0.05) is 17.8 Å². The van der Waals surface area contributed by atoms with Gasteiger partial charge in [0.05, 0.1) is 4.92 Å². The molecule has 1 N–H and O–H groups in total. The predicted octanol–water partition coefficient (Wildman–Crippen LogP) is 3.20. The van der Waals surface area contributed by atoms with Crippen LogP contribution in [0.1, 0.15) is 5.56 Å². The largest absolute Gasteiger partial charge is 0.321 e. The van der Waals surface area contributed by atoms with E-state index in [2.05, 4.69) is 5.32 Å². The monoisotopic (exact) mass is 299 g/mol. The number of benzene rings is 1. The molecule has 0 saturated heterocycles. The third kappa shape index (κ3) is 3.75. The number of nitro groups is 1. The van der Waals surface area contributed by atoms with E-state index in [1.807, 2.05) is 11.4 Å². The lowest BCUT2D eigenvalue weighted by Crippen LogP contribution is -2.13. The summed E-state index contributed by atoms with van der Waals surface area (Å²) < 4.78 is 0. The summed E-state index contributed by atoms with van der Waals surface area (Å²) in [5.74, 6) is -0.607. The second-order valence-electron chi connectivity index (χ2n) is 3.99. The summed E-state index contributed by atoms with van der Waals surface area (Å²) in [6, 6.07) is 9.13. The Balaban J connectivity index is 2.19. The summed E-state index contributed by atoms with van der Waals surface area (Å²) in [5, 5.41) is 25.8. The average molecular weight is 299 g/mol. The van der Waals surface area contributed by atoms with Crippen molar-refractivity contribution < 1.29 is 9.72 Å². The van der Waals surface area contributed by atoms with Crippen LogP contribution in [0.5, 0.6) is 0 Å². The van der Waals surface area contributed by atoms with Crippen LogP contribution in [0.4, 0.5) is 11.4 Å². The third-order valence-electron chi connectivity index (χ3n) is 2.53. The van der Waals surface area contributed by atoms with E-state index in [9.17, 15) is 14.9 Å². The van der Waals surface area contributed by atoms with Gasteiger partial charge in [-0.1, -0.05) is 6.07 Å². The zero-order valence-corrected chi connectivity index (χ0v) is 11.5. The van der Waals surface area contributed by atoms with Gasteiger partial charge in [0.2, 0.25) is 0 Å². The number of rotatable bonds is 4. The second-order valence-corrected chi connectivity index (χ2v) is 4.77. The molecule has 0 aliphatic rings. The first-order valence-corrected chi connectivity index (χ1v) is 6.74. The summed E-state index contributed by atoms with van der Waals surface area (Å²) in [5.41, 5.74) is 0.819. The molecule has 0 radical (unpaired) electrons. The van der Waals surface area contributed by atoms with Gasteiger partial charge in [-0.2, -0.15) is 16.6 Å². The number of carbonyl (C=O) groups is 1. The number of hydrogen-bond acceptors (Lipinski definition) is 5. The van der Waals surface area contributed by atoms with Gasteiger partial charge in [-0.3, -0.25) is 14.9 Å². The molecule has 2 aromatic rings. The number of nitriles is 1. The van der Waals surface area contributed by atoms with E-state index in [4.69, 9.17) is 5.26 Å². The van der Waals surface area contributed by atoms with Crippen LogP contribution < -0.4 is 5.32 Å². The fourth-order valence-electron chi connectivity index (χ4n) is 1.57. The van der Waals surface area contributed by atoms with Crippen molar-refractivity contribution in [2.75, 3.05) is 5.32 Å². The Morgan fingerprint density at radius 3 is 2.86 bits per heavy atom. The molecule has 0 bridgehead atoms. The molecule has 0 aliphatic carbocycles. The van der Waals surface area contributed by atoms with E-state index in [0.29, 0.717) is 0 Å². The number of non-ortho nitro benzene ring substituents is 1. The molecule has 0 atom stereocenters. The average Bonchev–Trinajstić information content (AvgIpc) is 2.97. The van der Waals surface area contributed by atoms with Crippen molar-refractivity contribution in [1.29, 1.82) is 5.26 Å². The van der Waals surface area contributed by atoms with Crippen LogP contribution in [-0.2, 0) is 4.79 Å². The molecule has 21 heavy (non-hydrogen) atoms. The quantitative estimate of drug-likeness (QED) is 0.406. The molecule has 1 amide bonds. The van der Waals surface area contributed by atoms with Gasteiger partial charge in [0.25, 0.3) is 11.6 Å². The van der Waals surface area contributed by atoms with E-state index in [1.165, 1.54) is 41.7 Å². The molecular weight excluding hydrogens is 290 g/mol. The molecule has 0 unspecified atom stereocenters. The summed E-state index contributed by atoms with van der Waals surface area (Å²) in [6.45, 7) is 0. The van der Waals surface area contributed by atoms with Crippen LogP contribution in [-0.4, -0.2) is 10.8 Å². The standard InChI is InChI=1S/C14H9N3O3S/c15-8-11(6-10-4-5-21-9-10)14(18)16-12-2-1-3-13(7-12)17(19)20/h1-7,9H,(H,16,18)/b11-6+. The summed E-state index contributed by atoms with van der Waals surface area (Å²) >= 11 is 1.45. The van der Waals surface area contributed by atoms with Crippen molar-refractivity contribution in [3.05, 3.63) is 62.3 Å². The minimum absolute atomic E-state index is 0.0695. The number of hydrogen-bond donors (Lipinski definition) is 1. The summed E-state index contributed by atoms with van der Waals surface area (Å²) in [6.07, 6.45) is 1.46. The smallest absolute Gasteiger partial charge is 0.271 e. The van der Waals surface area contributed by atoms with Crippen molar-refractivity contribution in [2.45, 2.75) is 0 Å². The Bertz CT molecular complexity index is 745. The molecule has 1 heterocycles. The lowest BCUT2D eigenvalue weighted by Gasteiger charge is -2.03. The Morgan fingerprint density at radius 2 is 2.24 bits per heavy atom. The molecule has 7 heteroatoms. The molecule has 0 aliphatic heterocycles. The first-order chi connectivity index (χ1) is 10.1. The zero-order valence-electron chi connectivity index (χ0n) is 10.6. The molecule has 0 saturated carbocycles. The lowest BCUT2D eigenvalue weighted by molar-refractivity contribution is -0.384. The fraction of sp³-hybridized carbons (Fsp3) is 0. The van der Waals surface area contributed by atoms with Gasteiger partial charge in [-0.25, -0.2) is 0 Å². The zero-order chi connectivity index (χ0) is 15.2. The number of thiophene rings is 1. The minimum atomic E-state index is -0.607. The normalized spacial score (nSPS) is 10.7. The first-order valence-electron chi connectivity index (χ1n) is 5.80. The van der Waals surface area contributed by atoms with Crippen LogP contribution >= 0.6 is 11.3 Å². The lowest BCUT2D eigenvalue weighted by atomic mass is 10.2. The highest BCUT2D eigenvalue weighted by atomic mass is 32.1. The Morgan fingerprint density at radius 1 is 1.43 bits per heavy atom. The van der Waals surface area contributed by atoms with Gasteiger partial charge in [-0.05, 0) is 34.5 Å². The van der Waals surface area contributed by atoms with Crippen molar-refractivity contribution in [1.82, 2.24) is 0 Å². The molecular formula is C14H9N3O3S. The van der Waals surface area contributed by atoms with Gasteiger partial charge in [0.1, 0.15) is 11.6 Å². The first kappa shape index (κ1) is 14.4. The number of carbonyl (C=O) groups excluding carboxylic acids is 1. The van der Waals surface area contributed by atoms with E-state index in [-0.39, 0.29) is 16.9 Å². The Labute approximate surface area is 124 Å². The topological polar surface area (TPSA) is 96.0 Å². The highest BCUT2D eigenvalue weighted by Gasteiger charge is 2.12. The van der Waals surface area contributed by atoms with Crippen LogP contribution in [0, 0.1) is 21.4 Å². The highest BCUT2D eigenvalue weighted by Crippen LogP contribution is 2.18. The number of nitrogens with zero attached hydrogens (tertiary/aromatic N) is 2. The fourth-order valence-corrected chi connectivity index (χ4v) is 2.19. The van der Waals surface area contributed by atoms with Gasteiger partial charge in [0.15, 0.2) is 0 Å². The van der Waals surface area contributed by atoms with Gasteiger partial charge in [-0.15, -0.1) is 0 Å². The minimum Gasteiger partial charge on any atom is -0.321 e. The van der Waals surface area contributed by atoms with E-state index < -0.39 is 10.8 Å². The van der Waals surface area contributed by atoms with E-state index in [1.54, 1.807) is 11.4 Å². The molecule has 1 aromatic carbocycles. The molecule has 0 fully saturated rings. The third-order valence-corrected chi connectivity index (χ3v) is 3.24. The van der Waals surface area contributed by atoms with Gasteiger partial charge < -0.3 is 5.32 Å². The van der Waals surface area contributed by atoms with Crippen LogP contribution in [0.2, 0.25) is 0 Å². The number of nitro benzene ring substituents is 1. The van der Waals surface area contributed by atoms with Crippen LogP contribution in [0.25, 0.3) is 6.08 Å². The SMILES string of the molecule is N#C/C(=C\c1ccsc1)C(=O)Nc1cccc([N+](=O)[O-])c1. The maximum absolute atomic E-state index is 12.0. The molecule has 6 nitrogen and oxygen atoms in total. The van der Waals surface area contributed by atoms with Crippen molar-refractivity contribution >= 4 is 34.7 Å². The maximum Gasteiger partial charge on any atom is 0.271 e. The maximum atomic E-state index is 12.0. The number of nitrogens with one attached hydrogen (secondary N) is 1. The van der Waals surface area contributed by atoms with Crippen molar-refractivity contribution in [2.24, 2.45) is 0 Å². The van der Waals surface area contributed by atoms with Crippen LogP contribution in [0.3, 0.4) is 0 Å². The molecule has 2 rings (SSSR count). The van der Waals surface area contributed by atoms with Crippen molar-refractivity contribution in [3.63, 3.8) is 0 Å².